The Morgan fingerprint density at radius 2 is 0.777 bits per heavy atom. The number of H-pyrrole nitrogens is 4. The number of rotatable bonds is 21. The molecule has 0 bridgehead atoms. The van der Waals surface area contributed by atoms with E-state index in [-0.39, 0.29) is 73.2 Å². The SMILES string of the molecule is C#CCC(=O)O[C@@H]1CC[C@@H](N(C)c2c(C(=O)OCC)cnc3[nH]ccc23)C1.C#CCC(=O)O[C@H]1CC[C@H](N(C)c2c(C(=O)OCC)cnc3[nH]ccc23)C1.CCC(=O)OC1CCC(N(C)c2c(C(=O)OC)cnc3[nH]ccc23)C(C)C1.CCOC(=O)c1cnc2[nH]ccc2c1N(C)[C@@H]1CC[C@@H](C)C1. The highest BCUT2D eigenvalue weighted by Gasteiger charge is 2.38. The van der Waals surface area contributed by atoms with E-state index < -0.39 is 17.9 Å². The van der Waals surface area contributed by atoms with Gasteiger partial charge in [0.15, 0.2) is 0 Å². The van der Waals surface area contributed by atoms with E-state index in [1.807, 2.05) is 71.6 Å². The van der Waals surface area contributed by atoms with E-state index in [1.54, 1.807) is 51.0 Å². The summed E-state index contributed by atoms with van der Waals surface area (Å²) in [5.74, 6) is 3.29. The normalized spacial score (nSPS) is 20.3. The van der Waals surface area contributed by atoms with Gasteiger partial charge in [-0.05, 0) is 121 Å². The van der Waals surface area contributed by atoms with Crippen molar-refractivity contribution in [1.82, 2.24) is 39.9 Å². The minimum Gasteiger partial charge on any atom is -0.465 e. The smallest absolute Gasteiger partial charge is 0.341 e. The van der Waals surface area contributed by atoms with Crippen molar-refractivity contribution in [2.75, 3.05) is 74.7 Å². The van der Waals surface area contributed by atoms with E-state index in [9.17, 15) is 33.6 Å². The van der Waals surface area contributed by atoms with E-state index in [1.165, 1.54) is 13.5 Å². The number of esters is 7. The Morgan fingerprint density at radius 1 is 0.447 bits per heavy atom. The van der Waals surface area contributed by atoms with Crippen LogP contribution in [0.4, 0.5) is 22.7 Å². The Labute approximate surface area is 600 Å². The highest BCUT2D eigenvalue weighted by Crippen LogP contribution is 2.41. The molecule has 548 valence electrons. The molecule has 3 unspecified atom stereocenters. The molecule has 4 N–H and O–H groups in total. The first-order valence-electron chi connectivity index (χ1n) is 35.5. The average molecular weight is 1410 g/mol. The number of aromatic nitrogens is 8. The lowest BCUT2D eigenvalue weighted by Crippen LogP contribution is -2.43. The van der Waals surface area contributed by atoms with Crippen molar-refractivity contribution in [3.8, 4) is 24.7 Å². The lowest BCUT2D eigenvalue weighted by molar-refractivity contribution is -0.151. The minimum absolute atomic E-state index is 0.0155. The van der Waals surface area contributed by atoms with Crippen molar-refractivity contribution in [3.63, 3.8) is 0 Å². The molecular formula is C77H96N12O14. The van der Waals surface area contributed by atoms with Crippen LogP contribution in [0.3, 0.4) is 0 Å². The predicted octanol–water partition coefficient (Wildman–Crippen LogP) is 12.0. The van der Waals surface area contributed by atoms with Crippen LogP contribution in [0.2, 0.25) is 0 Å². The van der Waals surface area contributed by atoms with Gasteiger partial charge in [0.25, 0.3) is 0 Å². The van der Waals surface area contributed by atoms with Crippen molar-refractivity contribution >= 4 is 109 Å². The summed E-state index contributed by atoms with van der Waals surface area (Å²) in [6.45, 7) is 12.6. The molecule has 26 nitrogen and oxygen atoms in total. The first-order chi connectivity index (χ1) is 49.7. The summed E-state index contributed by atoms with van der Waals surface area (Å²) in [6.07, 6.45) is 34.6. The molecule has 26 heteroatoms. The van der Waals surface area contributed by atoms with Gasteiger partial charge in [-0.1, -0.05) is 32.6 Å². The summed E-state index contributed by atoms with van der Waals surface area (Å²) in [5, 5.41) is 3.59. The molecule has 0 radical (unpaired) electrons. The van der Waals surface area contributed by atoms with Crippen molar-refractivity contribution in [2.24, 2.45) is 11.8 Å². The zero-order chi connectivity index (χ0) is 74.0. The van der Waals surface area contributed by atoms with E-state index in [0.29, 0.717) is 84.6 Å². The number of hydrogen-bond acceptors (Lipinski definition) is 22. The Hall–Kier alpha value is -10.6. The molecule has 12 rings (SSSR count). The third-order valence-corrected chi connectivity index (χ3v) is 19.8. The lowest BCUT2D eigenvalue weighted by atomic mass is 9.82. The second-order valence-electron chi connectivity index (χ2n) is 26.5. The van der Waals surface area contributed by atoms with Gasteiger partial charge in [0.05, 0.1) is 49.7 Å². The molecule has 4 aliphatic carbocycles. The van der Waals surface area contributed by atoms with Crippen LogP contribution in [-0.4, -0.2) is 179 Å². The number of anilines is 4. The minimum atomic E-state index is -0.398. The van der Waals surface area contributed by atoms with Gasteiger partial charge < -0.3 is 72.7 Å². The fraction of sp³-hybridized carbons (Fsp3) is 0.494. The van der Waals surface area contributed by atoms with E-state index in [4.69, 9.17) is 46.0 Å². The molecular weight excluding hydrogens is 1320 g/mol. The van der Waals surface area contributed by atoms with Crippen molar-refractivity contribution in [2.45, 2.75) is 180 Å². The van der Waals surface area contributed by atoms with Crippen LogP contribution in [0.15, 0.2) is 73.8 Å². The van der Waals surface area contributed by atoms with Crippen molar-refractivity contribution < 1.29 is 66.7 Å². The van der Waals surface area contributed by atoms with Gasteiger partial charge in [0.2, 0.25) is 0 Å². The van der Waals surface area contributed by atoms with Crippen LogP contribution in [0, 0.1) is 36.5 Å². The molecule has 9 atom stereocenters. The number of pyridine rings is 4. The largest absolute Gasteiger partial charge is 0.465 e. The number of nitrogens with one attached hydrogen (secondary N) is 4. The second-order valence-corrected chi connectivity index (χ2v) is 26.5. The standard InChI is InChI=1S/C20H27N3O4.2C20H23N3O4.C17H23N3O2/c1-5-17(24)27-13-6-7-16(12(2)10-13)23(3)18-14-8-9-21-19(14)22-11-15(18)20(25)26-4;2*1-4-6-17(24)27-14-8-7-13(11-14)23(3)18-15-9-10-21-19(15)22-12-16(18)20(25)26-5-2;1-4-22-17(21)14-10-19-16-13(7-8-18-16)15(14)20(3)12-6-5-11(2)9-12/h8-9,11-13,16H,5-7,10H2,1-4H3,(H,21,22);2*1,9-10,12-14H,5-8,11H2,2-3H3,(H,21,22);7-8,10-12H,4-6,9H2,1-3H3,(H,18,19)/t;2*13-,14-;11-,12-/m.101/s1. The van der Waals surface area contributed by atoms with Crippen LogP contribution < -0.4 is 19.6 Å². The maximum absolute atomic E-state index is 12.4. The third kappa shape index (κ3) is 18.2. The van der Waals surface area contributed by atoms with Crippen LogP contribution >= 0.6 is 0 Å². The van der Waals surface area contributed by atoms with Crippen LogP contribution in [0.5, 0.6) is 0 Å². The van der Waals surface area contributed by atoms with Gasteiger partial charge >= 0.3 is 41.8 Å². The first-order valence-corrected chi connectivity index (χ1v) is 35.5. The van der Waals surface area contributed by atoms with Crippen molar-refractivity contribution in [3.05, 3.63) is 96.1 Å². The number of terminal acetylenes is 2. The lowest BCUT2D eigenvalue weighted by Gasteiger charge is -2.40. The van der Waals surface area contributed by atoms with Gasteiger partial charge in [-0.2, -0.15) is 0 Å². The molecule has 0 saturated heterocycles. The Morgan fingerprint density at radius 3 is 1.11 bits per heavy atom. The zero-order valence-electron chi connectivity index (χ0n) is 60.8. The average Bonchev–Trinajstić information content (AvgIpc) is 1.74. The molecule has 8 aromatic heterocycles. The zero-order valence-corrected chi connectivity index (χ0v) is 60.8. The maximum Gasteiger partial charge on any atom is 0.341 e. The fourth-order valence-electron chi connectivity index (χ4n) is 14.7. The van der Waals surface area contributed by atoms with Gasteiger partial charge in [0.1, 0.15) is 76.0 Å². The molecule has 8 heterocycles. The Kier molecular flexibility index (Phi) is 26.6. The summed E-state index contributed by atoms with van der Waals surface area (Å²) in [7, 11) is 9.35. The first kappa shape index (κ1) is 76.5. The van der Waals surface area contributed by atoms with E-state index in [2.05, 4.69) is 92.2 Å². The fourth-order valence-corrected chi connectivity index (χ4v) is 14.7. The molecule has 0 amide bonds. The number of hydrogen-bond donors (Lipinski definition) is 4. The number of aromatic amines is 4. The molecule has 0 spiro atoms. The molecule has 0 aliphatic heterocycles. The quantitative estimate of drug-likeness (QED) is 0.0295. The van der Waals surface area contributed by atoms with Crippen LogP contribution in [0.25, 0.3) is 44.1 Å². The molecule has 4 saturated carbocycles. The van der Waals surface area contributed by atoms with Crippen molar-refractivity contribution in [1.29, 1.82) is 0 Å². The number of carbonyl (C=O) groups is 7. The number of nitrogens with zero attached hydrogens (tertiary/aromatic N) is 8. The predicted molar refractivity (Wildman–Crippen MR) is 393 cm³/mol. The molecule has 103 heavy (non-hydrogen) atoms. The molecule has 4 fully saturated rings. The molecule has 0 aromatic carbocycles. The van der Waals surface area contributed by atoms with Gasteiger partial charge in [-0.15, -0.1) is 12.8 Å². The number of fused-ring (bicyclic) bond motifs is 4. The Balaban J connectivity index is 0.000000160. The number of carbonyl (C=O) groups excluding carboxylic acids is 7. The monoisotopic (exact) mass is 1410 g/mol. The van der Waals surface area contributed by atoms with Gasteiger partial charge in [-0.3, -0.25) is 14.4 Å². The summed E-state index contributed by atoms with van der Waals surface area (Å²) >= 11 is 0. The summed E-state index contributed by atoms with van der Waals surface area (Å²) < 4.78 is 37.0. The second kappa shape index (κ2) is 35.8. The number of methoxy groups -OCH3 is 1. The molecule has 4 aliphatic rings. The maximum atomic E-state index is 12.4. The van der Waals surface area contributed by atoms with Crippen LogP contribution in [0.1, 0.15) is 179 Å². The van der Waals surface area contributed by atoms with Crippen LogP contribution in [-0.2, 0) is 47.5 Å². The topological polar surface area (TPSA) is 312 Å². The van der Waals surface area contributed by atoms with E-state index >= 15 is 0 Å². The van der Waals surface area contributed by atoms with Gasteiger partial charge in [0, 0.05) is 143 Å². The Bertz CT molecular complexity index is 4220. The highest BCUT2D eigenvalue weighted by atomic mass is 16.6. The van der Waals surface area contributed by atoms with E-state index in [0.717, 1.165) is 119 Å². The third-order valence-electron chi connectivity index (χ3n) is 19.8. The number of ether oxygens (including phenoxy) is 7. The summed E-state index contributed by atoms with van der Waals surface area (Å²) in [5.41, 5.74) is 8.15. The molecule has 8 aromatic rings. The van der Waals surface area contributed by atoms with Gasteiger partial charge in [-0.25, -0.2) is 39.1 Å². The summed E-state index contributed by atoms with van der Waals surface area (Å²) in [4.78, 5) is 123. The highest BCUT2D eigenvalue weighted by molar-refractivity contribution is 6.07. The summed E-state index contributed by atoms with van der Waals surface area (Å²) in [6, 6.07) is 8.65.